The minimum absolute atomic E-state index is 0.00960. The molecule has 0 aliphatic carbocycles. The number of hydrogen-bond acceptors (Lipinski definition) is 2. The summed E-state index contributed by atoms with van der Waals surface area (Å²) in [7, 11) is 0. The standard InChI is InChI=1S/C14H18FN3/c1-9(2)18-14(15)13(8-17-18)12-6-4-5-11(7-12)10(3)16/h4-10H,16H2,1-3H3. The first-order chi connectivity index (χ1) is 8.50. The maximum atomic E-state index is 14.2. The van der Waals surface area contributed by atoms with Crippen molar-refractivity contribution in [3.8, 4) is 11.1 Å². The minimum Gasteiger partial charge on any atom is -0.324 e. The Bertz CT molecular complexity index is 544. The molecule has 2 aromatic rings. The maximum Gasteiger partial charge on any atom is 0.219 e. The van der Waals surface area contributed by atoms with Crippen LogP contribution in [0.5, 0.6) is 0 Å². The monoisotopic (exact) mass is 247 g/mol. The summed E-state index contributed by atoms with van der Waals surface area (Å²) in [5.41, 5.74) is 8.16. The molecule has 18 heavy (non-hydrogen) atoms. The van der Waals surface area contributed by atoms with Gasteiger partial charge < -0.3 is 5.73 Å². The summed E-state index contributed by atoms with van der Waals surface area (Å²) in [5, 5.41) is 4.08. The van der Waals surface area contributed by atoms with Gasteiger partial charge in [-0.1, -0.05) is 18.2 Å². The van der Waals surface area contributed by atoms with E-state index in [1.165, 1.54) is 4.68 Å². The largest absolute Gasteiger partial charge is 0.324 e. The van der Waals surface area contributed by atoms with E-state index in [-0.39, 0.29) is 18.0 Å². The summed E-state index contributed by atoms with van der Waals surface area (Å²) in [5.74, 6) is -0.299. The molecule has 2 rings (SSSR count). The van der Waals surface area contributed by atoms with E-state index in [0.717, 1.165) is 11.1 Å². The molecule has 3 nitrogen and oxygen atoms in total. The Morgan fingerprint density at radius 1 is 1.28 bits per heavy atom. The van der Waals surface area contributed by atoms with Crippen LogP contribution < -0.4 is 5.73 Å². The summed E-state index contributed by atoms with van der Waals surface area (Å²) in [6.45, 7) is 5.71. The van der Waals surface area contributed by atoms with Crippen molar-refractivity contribution < 1.29 is 4.39 Å². The average molecular weight is 247 g/mol. The lowest BCUT2D eigenvalue weighted by atomic mass is 10.0. The molecule has 0 fully saturated rings. The van der Waals surface area contributed by atoms with Crippen LogP contribution in [0.4, 0.5) is 4.39 Å². The molecule has 0 bridgehead atoms. The topological polar surface area (TPSA) is 43.8 Å². The Morgan fingerprint density at radius 2 is 2.00 bits per heavy atom. The molecule has 0 aliphatic heterocycles. The number of hydrogen-bond donors (Lipinski definition) is 1. The zero-order valence-corrected chi connectivity index (χ0v) is 10.9. The van der Waals surface area contributed by atoms with Crippen LogP contribution in [0.15, 0.2) is 30.5 Å². The molecule has 1 heterocycles. The molecular weight excluding hydrogens is 229 g/mol. The summed E-state index contributed by atoms with van der Waals surface area (Å²) < 4.78 is 15.6. The van der Waals surface area contributed by atoms with Gasteiger partial charge in [0.15, 0.2) is 0 Å². The molecule has 4 heteroatoms. The van der Waals surface area contributed by atoms with Crippen LogP contribution in [0.1, 0.15) is 38.4 Å². The van der Waals surface area contributed by atoms with Crippen molar-refractivity contribution in [3.05, 3.63) is 42.0 Å². The Morgan fingerprint density at radius 3 is 2.56 bits per heavy atom. The van der Waals surface area contributed by atoms with Crippen LogP contribution in [0.3, 0.4) is 0 Å². The van der Waals surface area contributed by atoms with Gasteiger partial charge in [-0.05, 0) is 38.0 Å². The van der Waals surface area contributed by atoms with Crippen LogP contribution in [0, 0.1) is 5.95 Å². The molecule has 2 N–H and O–H groups in total. The second kappa shape index (κ2) is 4.90. The van der Waals surface area contributed by atoms with Crippen LogP contribution in [0.2, 0.25) is 0 Å². The van der Waals surface area contributed by atoms with Gasteiger partial charge in [0, 0.05) is 12.1 Å². The summed E-state index contributed by atoms with van der Waals surface area (Å²) in [6, 6.07) is 7.56. The van der Waals surface area contributed by atoms with E-state index < -0.39 is 0 Å². The molecule has 0 saturated heterocycles. The maximum absolute atomic E-state index is 14.2. The number of nitrogens with zero attached hydrogens (tertiary/aromatic N) is 2. The third kappa shape index (κ3) is 2.29. The van der Waals surface area contributed by atoms with Crippen LogP contribution >= 0.6 is 0 Å². The van der Waals surface area contributed by atoms with Gasteiger partial charge in [0.25, 0.3) is 0 Å². The first-order valence-electron chi connectivity index (χ1n) is 6.09. The fourth-order valence-corrected chi connectivity index (χ4v) is 1.89. The quantitative estimate of drug-likeness (QED) is 0.904. The first kappa shape index (κ1) is 12.8. The van der Waals surface area contributed by atoms with Crippen molar-refractivity contribution in [1.29, 1.82) is 0 Å². The van der Waals surface area contributed by atoms with Crippen molar-refractivity contribution in [2.45, 2.75) is 32.9 Å². The Kier molecular flexibility index (Phi) is 3.48. The Labute approximate surface area is 106 Å². The van der Waals surface area contributed by atoms with Gasteiger partial charge in [-0.2, -0.15) is 9.49 Å². The second-order valence-electron chi connectivity index (χ2n) is 4.80. The van der Waals surface area contributed by atoms with Gasteiger partial charge in [-0.25, -0.2) is 4.68 Å². The van der Waals surface area contributed by atoms with Gasteiger partial charge >= 0.3 is 0 Å². The SMILES string of the molecule is CC(N)c1cccc(-c2cnn(C(C)C)c2F)c1. The highest BCUT2D eigenvalue weighted by Crippen LogP contribution is 2.26. The van der Waals surface area contributed by atoms with Crippen LogP contribution in [-0.2, 0) is 0 Å². The molecule has 0 aliphatic rings. The zero-order chi connectivity index (χ0) is 13.3. The fraction of sp³-hybridized carbons (Fsp3) is 0.357. The van der Waals surface area contributed by atoms with E-state index in [9.17, 15) is 4.39 Å². The molecule has 96 valence electrons. The highest BCUT2D eigenvalue weighted by molar-refractivity contribution is 5.63. The van der Waals surface area contributed by atoms with Gasteiger partial charge in [-0.15, -0.1) is 0 Å². The van der Waals surface area contributed by atoms with Gasteiger partial charge in [0.2, 0.25) is 5.95 Å². The number of rotatable bonds is 3. The lowest BCUT2D eigenvalue weighted by molar-refractivity contribution is 0.417. The van der Waals surface area contributed by atoms with E-state index in [1.807, 2.05) is 45.0 Å². The zero-order valence-electron chi connectivity index (χ0n) is 10.9. The molecule has 1 unspecified atom stereocenters. The normalized spacial score (nSPS) is 13.0. The predicted octanol–water partition coefficient (Wildman–Crippen LogP) is 3.29. The van der Waals surface area contributed by atoms with E-state index in [0.29, 0.717) is 5.56 Å². The van der Waals surface area contributed by atoms with Crippen molar-refractivity contribution >= 4 is 0 Å². The highest BCUT2D eigenvalue weighted by Gasteiger charge is 2.14. The first-order valence-corrected chi connectivity index (χ1v) is 6.09. The average Bonchev–Trinajstić information content (AvgIpc) is 2.71. The van der Waals surface area contributed by atoms with E-state index in [4.69, 9.17) is 5.73 Å². The molecule has 1 aromatic heterocycles. The fourth-order valence-electron chi connectivity index (χ4n) is 1.89. The van der Waals surface area contributed by atoms with Crippen LogP contribution in [0.25, 0.3) is 11.1 Å². The molecule has 0 radical (unpaired) electrons. The number of nitrogens with two attached hydrogens (primary N) is 1. The highest BCUT2D eigenvalue weighted by atomic mass is 19.1. The van der Waals surface area contributed by atoms with E-state index >= 15 is 0 Å². The molecule has 1 atom stereocenters. The smallest absolute Gasteiger partial charge is 0.219 e. The minimum atomic E-state index is -0.299. The Hall–Kier alpha value is -1.68. The van der Waals surface area contributed by atoms with Gasteiger partial charge in [-0.3, -0.25) is 0 Å². The van der Waals surface area contributed by atoms with Gasteiger partial charge in [0.05, 0.1) is 11.8 Å². The molecular formula is C14H18FN3. The summed E-state index contributed by atoms with van der Waals surface area (Å²) >= 11 is 0. The lowest BCUT2D eigenvalue weighted by Crippen LogP contribution is -2.06. The number of aromatic nitrogens is 2. The molecule has 1 aromatic carbocycles. The van der Waals surface area contributed by atoms with Crippen molar-refractivity contribution in [2.75, 3.05) is 0 Å². The lowest BCUT2D eigenvalue weighted by Gasteiger charge is -2.08. The van der Waals surface area contributed by atoms with Crippen LogP contribution in [-0.4, -0.2) is 9.78 Å². The number of benzene rings is 1. The summed E-state index contributed by atoms with van der Waals surface area (Å²) in [4.78, 5) is 0. The molecule has 0 spiro atoms. The van der Waals surface area contributed by atoms with E-state index in [1.54, 1.807) is 6.20 Å². The third-order valence-corrected chi connectivity index (χ3v) is 2.95. The Balaban J connectivity index is 2.46. The van der Waals surface area contributed by atoms with Crippen molar-refractivity contribution in [1.82, 2.24) is 9.78 Å². The van der Waals surface area contributed by atoms with Gasteiger partial charge in [0.1, 0.15) is 0 Å². The van der Waals surface area contributed by atoms with Crippen molar-refractivity contribution in [3.63, 3.8) is 0 Å². The predicted molar refractivity (Wildman–Crippen MR) is 70.6 cm³/mol. The summed E-state index contributed by atoms with van der Waals surface area (Å²) in [6.07, 6.45) is 1.57. The number of halogens is 1. The molecule has 0 amide bonds. The van der Waals surface area contributed by atoms with Crippen molar-refractivity contribution in [2.24, 2.45) is 5.73 Å². The molecule has 0 saturated carbocycles. The third-order valence-electron chi connectivity index (χ3n) is 2.95. The van der Waals surface area contributed by atoms with E-state index in [2.05, 4.69) is 5.10 Å². The second-order valence-corrected chi connectivity index (χ2v) is 4.80.